The Morgan fingerprint density at radius 2 is 2.14 bits per heavy atom. The Bertz CT molecular complexity index is 607. The molecule has 0 radical (unpaired) electrons. The van der Waals surface area contributed by atoms with Crippen molar-refractivity contribution < 1.29 is 9.50 Å². The molecule has 0 amide bonds. The van der Waals surface area contributed by atoms with E-state index in [2.05, 4.69) is 16.7 Å². The Morgan fingerprint density at radius 1 is 1.27 bits per heavy atom. The van der Waals surface area contributed by atoms with Crippen molar-refractivity contribution in [3.8, 4) is 10.4 Å². The van der Waals surface area contributed by atoms with Gasteiger partial charge in [-0.15, -0.1) is 23.7 Å². The molecule has 2 atom stereocenters. The summed E-state index contributed by atoms with van der Waals surface area (Å²) in [7, 11) is 0. The molecule has 6 heteroatoms. The molecule has 1 aliphatic rings. The molecule has 0 spiro atoms. The Labute approximate surface area is 140 Å². The van der Waals surface area contributed by atoms with Crippen molar-refractivity contribution in [3.63, 3.8) is 0 Å². The van der Waals surface area contributed by atoms with Crippen molar-refractivity contribution in [1.29, 1.82) is 0 Å². The summed E-state index contributed by atoms with van der Waals surface area (Å²) >= 11 is 1.67. The Morgan fingerprint density at radius 3 is 2.86 bits per heavy atom. The summed E-state index contributed by atoms with van der Waals surface area (Å²) in [5, 5.41) is 16.3. The van der Waals surface area contributed by atoms with Crippen LogP contribution >= 0.6 is 23.7 Å². The van der Waals surface area contributed by atoms with Crippen molar-refractivity contribution in [2.45, 2.75) is 12.6 Å². The van der Waals surface area contributed by atoms with Gasteiger partial charge in [-0.25, -0.2) is 4.39 Å². The molecule has 2 aromatic rings. The molecule has 0 saturated carbocycles. The summed E-state index contributed by atoms with van der Waals surface area (Å²) in [5.41, 5.74) is 0.918. The van der Waals surface area contributed by atoms with Crippen LogP contribution in [0.25, 0.3) is 10.4 Å². The molecule has 1 aromatic carbocycles. The smallest absolute Gasteiger partial charge is 0.123 e. The summed E-state index contributed by atoms with van der Waals surface area (Å²) < 4.78 is 13.2. The summed E-state index contributed by atoms with van der Waals surface area (Å²) in [5.74, 6) is 0.0796. The molecular formula is C16H20ClFN2OS. The third-order valence-corrected chi connectivity index (χ3v) is 4.92. The van der Waals surface area contributed by atoms with Gasteiger partial charge >= 0.3 is 0 Å². The third-order valence-electron chi connectivity index (χ3n) is 3.78. The summed E-state index contributed by atoms with van der Waals surface area (Å²) in [4.78, 5) is 2.29. The number of rotatable bonds is 5. The van der Waals surface area contributed by atoms with E-state index in [9.17, 15) is 9.50 Å². The molecule has 2 unspecified atom stereocenters. The van der Waals surface area contributed by atoms with Crippen molar-refractivity contribution >= 4 is 23.7 Å². The maximum Gasteiger partial charge on any atom is 0.123 e. The average Bonchev–Trinajstić information content (AvgIpc) is 3.09. The van der Waals surface area contributed by atoms with E-state index in [0.29, 0.717) is 6.54 Å². The fourth-order valence-electron chi connectivity index (χ4n) is 2.58. The molecular weight excluding hydrogens is 323 g/mol. The van der Waals surface area contributed by atoms with Crippen LogP contribution in [0.4, 0.5) is 4.39 Å². The van der Waals surface area contributed by atoms with E-state index < -0.39 is 0 Å². The topological polar surface area (TPSA) is 44.3 Å². The zero-order valence-electron chi connectivity index (χ0n) is 12.1. The standard InChI is InChI=1S/C16H19FN2OS.ClH/c17-13-3-1-2-11(6-13)16-5-4-14(21-16)9-18-7-12-8-19-10-15(12)20;/h1-6,12,15,18-20H,7-10H2;1H. The lowest BCUT2D eigenvalue weighted by Crippen LogP contribution is -2.29. The molecule has 1 fully saturated rings. The van der Waals surface area contributed by atoms with Gasteiger partial charge in [0.1, 0.15) is 5.82 Å². The molecule has 3 rings (SSSR count). The minimum absolute atomic E-state index is 0. The van der Waals surface area contributed by atoms with Crippen LogP contribution in [0.5, 0.6) is 0 Å². The molecule has 3 N–H and O–H groups in total. The zero-order chi connectivity index (χ0) is 14.7. The molecule has 120 valence electrons. The number of thiophene rings is 1. The van der Waals surface area contributed by atoms with Crippen LogP contribution in [0.1, 0.15) is 4.88 Å². The highest BCUT2D eigenvalue weighted by Gasteiger charge is 2.24. The number of benzene rings is 1. The van der Waals surface area contributed by atoms with Gasteiger partial charge < -0.3 is 15.7 Å². The minimum Gasteiger partial charge on any atom is -0.391 e. The maximum atomic E-state index is 13.2. The lowest BCUT2D eigenvalue weighted by molar-refractivity contribution is 0.146. The lowest BCUT2D eigenvalue weighted by Gasteiger charge is -2.13. The average molecular weight is 343 g/mol. The molecule has 22 heavy (non-hydrogen) atoms. The SMILES string of the molecule is Cl.OC1CNCC1CNCc1ccc(-c2cccc(F)c2)s1. The van der Waals surface area contributed by atoms with Gasteiger partial charge in [-0.1, -0.05) is 12.1 Å². The van der Waals surface area contributed by atoms with E-state index in [1.54, 1.807) is 23.5 Å². The van der Waals surface area contributed by atoms with Crippen LogP contribution in [0.15, 0.2) is 36.4 Å². The first-order valence-electron chi connectivity index (χ1n) is 7.16. The van der Waals surface area contributed by atoms with E-state index >= 15 is 0 Å². The number of hydrogen-bond donors (Lipinski definition) is 3. The van der Waals surface area contributed by atoms with Crippen molar-refractivity contribution in [2.24, 2.45) is 5.92 Å². The van der Waals surface area contributed by atoms with Crippen LogP contribution in [0.2, 0.25) is 0 Å². The van der Waals surface area contributed by atoms with Gasteiger partial charge in [0.2, 0.25) is 0 Å². The predicted molar refractivity (Wildman–Crippen MR) is 91.0 cm³/mol. The van der Waals surface area contributed by atoms with E-state index in [1.165, 1.54) is 10.9 Å². The minimum atomic E-state index is -0.247. The van der Waals surface area contributed by atoms with Crippen molar-refractivity contribution in [2.75, 3.05) is 19.6 Å². The Balaban J connectivity index is 0.00000176. The van der Waals surface area contributed by atoms with E-state index in [-0.39, 0.29) is 30.2 Å². The maximum absolute atomic E-state index is 13.2. The Kier molecular flexibility index (Phi) is 6.35. The molecule has 1 saturated heterocycles. The van der Waals surface area contributed by atoms with Crippen molar-refractivity contribution in [3.05, 3.63) is 47.1 Å². The van der Waals surface area contributed by atoms with Gasteiger partial charge in [-0.3, -0.25) is 0 Å². The molecule has 1 aromatic heterocycles. The van der Waals surface area contributed by atoms with Crippen LogP contribution in [0, 0.1) is 11.7 Å². The highest BCUT2D eigenvalue weighted by Crippen LogP contribution is 2.28. The first kappa shape index (κ1) is 17.4. The summed E-state index contributed by atoms with van der Waals surface area (Å²) in [6.07, 6.45) is -0.247. The lowest BCUT2D eigenvalue weighted by atomic mass is 10.1. The number of aliphatic hydroxyl groups is 1. The highest BCUT2D eigenvalue weighted by atomic mass is 35.5. The monoisotopic (exact) mass is 342 g/mol. The van der Waals surface area contributed by atoms with E-state index in [4.69, 9.17) is 0 Å². The molecule has 0 bridgehead atoms. The number of β-amino-alcohol motifs (C(OH)–C–C–N with tert-alkyl or cyclic N) is 1. The number of halogens is 2. The third kappa shape index (κ3) is 4.27. The van der Waals surface area contributed by atoms with Crippen LogP contribution in [-0.2, 0) is 6.54 Å². The van der Waals surface area contributed by atoms with Crippen LogP contribution in [-0.4, -0.2) is 30.8 Å². The quantitative estimate of drug-likeness (QED) is 0.782. The highest BCUT2D eigenvalue weighted by molar-refractivity contribution is 7.15. The number of aliphatic hydroxyl groups excluding tert-OH is 1. The first-order valence-corrected chi connectivity index (χ1v) is 7.98. The first-order chi connectivity index (χ1) is 10.2. The van der Waals surface area contributed by atoms with Gasteiger partial charge in [-0.2, -0.15) is 0 Å². The fraction of sp³-hybridized carbons (Fsp3) is 0.375. The molecule has 1 aliphatic heterocycles. The van der Waals surface area contributed by atoms with Gasteiger partial charge in [0.15, 0.2) is 0 Å². The van der Waals surface area contributed by atoms with E-state index in [0.717, 1.165) is 30.1 Å². The van der Waals surface area contributed by atoms with Gasteiger partial charge in [0.25, 0.3) is 0 Å². The van der Waals surface area contributed by atoms with Crippen molar-refractivity contribution in [1.82, 2.24) is 10.6 Å². The molecule has 3 nitrogen and oxygen atoms in total. The predicted octanol–water partition coefficient (Wildman–Crippen LogP) is 2.65. The number of hydrogen-bond acceptors (Lipinski definition) is 4. The zero-order valence-corrected chi connectivity index (χ0v) is 13.7. The van der Waals surface area contributed by atoms with E-state index in [1.807, 2.05) is 12.1 Å². The fourth-order valence-corrected chi connectivity index (χ4v) is 3.55. The van der Waals surface area contributed by atoms with Crippen LogP contribution < -0.4 is 10.6 Å². The second-order valence-corrected chi connectivity index (χ2v) is 6.56. The second-order valence-electron chi connectivity index (χ2n) is 5.39. The Hall–Kier alpha value is -0.980. The second kappa shape index (κ2) is 8.04. The molecule has 2 heterocycles. The van der Waals surface area contributed by atoms with Gasteiger partial charge in [0, 0.05) is 41.9 Å². The number of nitrogens with one attached hydrogen (secondary N) is 2. The largest absolute Gasteiger partial charge is 0.391 e. The normalized spacial score (nSPS) is 20.8. The summed E-state index contributed by atoms with van der Waals surface area (Å²) in [6.45, 7) is 3.15. The molecule has 0 aliphatic carbocycles. The van der Waals surface area contributed by atoms with Gasteiger partial charge in [-0.05, 0) is 29.8 Å². The summed E-state index contributed by atoms with van der Waals surface area (Å²) in [6, 6.07) is 10.8. The van der Waals surface area contributed by atoms with Gasteiger partial charge in [0.05, 0.1) is 6.10 Å². The van der Waals surface area contributed by atoms with Crippen LogP contribution in [0.3, 0.4) is 0 Å².